The van der Waals surface area contributed by atoms with Crippen LogP contribution in [-0.2, 0) is 9.53 Å². The van der Waals surface area contributed by atoms with Crippen LogP contribution in [0.25, 0.3) is 0 Å². The second kappa shape index (κ2) is 3.38. The van der Waals surface area contributed by atoms with Crippen LogP contribution < -0.4 is 11.2 Å². The van der Waals surface area contributed by atoms with Crippen LogP contribution in [0.4, 0.5) is 0 Å². The molecule has 0 aliphatic carbocycles. The van der Waals surface area contributed by atoms with Crippen molar-refractivity contribution in [3.05, 3.63) is 0 Å². The minimum Gasteiger partial charge on any atom is -0.379 e. The summed E-state index contributed by atoms with van der Waals surface area (Å²) in [6, 6.07) is 0. The summed E-state index contributed by atoms with van der Waals surface area (Å²) in [6.07, 6.45) is 0.590. The summed E-state index contributed by atoms with van der Waals surface area (Å²) in [5, 5.41) is 1.58. The van der Waals surface area contributed by atoms with Crippen molar-refractivity contribution in [3.63, 3.8) is 0 Å². The van der Waals surface area contributed by atoms with Gasteiger partial charge in [0.1, 0.15) is 5.54 Å². The minimum absolute atomic E-state index is 0.176. The topological polar surface area (TPSA) is 67.6 Å². The Balaban J connectivity index is 2.50. The SMILES string of the molecule is CN(C)NC(=O)C1(N)CCOC1. The van der Waals surface area contributed by atoms with Crippen molar-refractivity contribution in [1.29, 1.82) is 0 Å². The Hall–Kier alpha value is -0.650. The molecule has 0 saturated carbocycles. The van der Waals surface area contributed by atoms with Gasteiger partial charge in [-0.2, -0.15) is 0 Å². The molecule has 0 radical (unpaired) electrons. The summed E-state index contributed by atoms with van der Waals surface area (Å²) in [5.74, 6) is -0.176. The van der Waals surface area contributed by atoms with Gasteiger partial charge in [-0.15, -0.1) is 0 Å². The molecule has 1 aliphatic rings. The molecule has 1 heterocycles. The minimum atomic E-state index is -0.829. The lowest BCUT2D eigenvalue weighted by Gasteiger charge is -2.23. The van der Waals surface area contributed by atoms with Gasteiger partial charge in [-0.1, -0.05) is 0 Å². The number of carbonyl (C=O) groups is 1. The molecule has 5 nitrogen and oxygen atoms in total. The van der Waals surface area contributed by atoms with Crippen LogP contribution in [0.5, 0.6) is 0 Å². The third-order valence-corrected chi connectivity index (χ3v) is 1.83. The molecule has 1 fully saturated rings. The Morgan fingerprint density at radius 1 is 1.67 bits per heavy atom. The predicted molar refractivity (Wildman–Crippen MR) is 44.2 cm³/mol. The number of nitrogens with one attached hydrogen (secondary N) is 1. The molecule has 0 bridgehead atoms. The largest absolute Gasteiger partial charge is 0.379 e. The second-order valence-corrected chi connectivity index (χ2v) is 3.29. The average molecular weight is 173 g/mol. The molecule has 3 N–H and O–H groups in total. The number of nitrogens with zero attached hydrogens (tertiary/aromatic N) is 1. The number of nitrogens with two attached hydrogens (primary N) is 1. The number of carbonyl (C=O) groups excluding carboxylic acids is 1. The van der Waals surface area contributed by atoms with Gasteiger partial charge in [0.2, 0.25) is 0 Å². The first kappa shape index (κ1) is 9.44. The van der Waals surface area contributed by atoms with Gasteiger partial charge in [-0.25, -0.2) is 5.01 Å². The van der Waals surface area contributed by atoms with E-state index in [1.54, 1.807) is 19.1 Å². The summed E-state index contributed by atoms with van der Waals surface area (Å²) in [7, 11) is 3.49. The average Bonchev–Trinajstić information content (AvgIpc) is 2.36. The molecular formula is C7H15N3O2. The third-order valence-electron chi connectivity index (χ3n) is 1.83. The van der Waals surface area contributed by atoms with E-state index < -0.39 is 5.54 Å². The molecular weight excluding hydrogens is 158 g/mol. The molecule has 70 valence electrons. The zero-order chi connectivity index (χ0) is 9.19. The Morgan fingerprint density at radius 2 is 2.33 bits per heavy atom. The molecule has 0 aromatic rings. The molecule has 1 rings (SSSR count). The zero-order valence-corrected chi connectivity index (χ0v) is 7.46. The van der Waals surface area contributed by atoms with E-state index in [4.69, 9.17) is 10.5 Å². The first-order valence-electron chi connectivity index (χ1n) is 3.90. The van der Waals surface area contributed by atoms with Crippen LogP contribution in [0.1, 0.15) is 6.42 Å². The zero-order valence-electron chi connectivity index (χ0n) is 7.46. The number of hydrogen-bond acceptors (Lipinski definition) is 4. The van der Waals surface area contributed by atoms with Gasteiger partial charge in [0.05, 0.1) is 6.61 Å². The van der Waals surface area contributed by atoms with Gasteiger partial charge in [0, 0.05) is 27.1 Å². The number of ether oxygens (including phenoxy) is 1. The van der Waals surface area contributed by atoms with E-state index in [0.717, 1.165) is 0 Å². The van der Waals surface area contributed by atoms with Crippen molar-refractivity contribution in [3.8, 4) is 0 Å². The highest BCUT2D eigenvalue weighted by Gasteiger charge is 2.38. The summed E-state index contributed by atoms with van der Waals surface area (Å²) in [5.41, 5.74) is 7.57. The Morgan fingerprint density at radius 3 is 2.75 bits per heavy atom. The first-order chi connectivity index (χ1) is 5.54. The van der Waals surface area contributed by atoms with Crippen molar-refractivity contribution < 1.29 is 9.53 Å². The summed E-state index contributed by atoms with van der Waals surface area (Å²) < 4.78 is 5.06. The lowest BCUT2D eigenvalue weighted by atomic mass is 10.00. The summed E-state index contributed by atoms with van der Waals surface area (Å²) in [6.45, 7) is 0.879. The highest BCUT2D eigenvalue weighted by Crippen LogP contribution is 2.15. The fraction of sp³-hybridized carbons (Fsp3) is 0.857. The van der Waals surface area contributed by atoms with E-state index in [-0.39, 0.29) is 5.91 Å². The van der Waals surface area contributed by atoms with Crippen LogP contribution >= 0.6 is 0 Å². The fourth-order valence-electron chi connectivity index (χ4n) is 1.07. The highest BCUT2D eigenvalue weighted by atomic mass is 16.5. The van der Waals surface area contributed by atoms with Crippen LogP contribution in [0.3, 0.4) is 0 Å². The number of hydrazine groups is 1. The highest BCUT2D eigenvalue weighted by molar-refractivity contribution is 5.86. The molecule has 0 aromatic heterocycles. The van der Waals surface area contributed by atoms with Crippen LogP contribution in [0.2, 0.25) is 0 Å². The van der Waals surface area contributed by atoms with E-state index >= 15 is 0 Å². The monoisotopic (exact) mass is 173 g/mol. The van der Waals surface area contributed by atoms with Gasteiger partial charge in [0.15, 0.2) is 0 Å². The van der Waals surface area contributed by atoms with E-state index in [2.05, 4.69) is 5.43 Å². The smallest absolute Gasteiger partial charge is 0.256 e. The molecule has 1 unspecified atom stereocenters. The van der Waals surface area contributed by atoms with Crippen molar-refractivity contribution in [2.24, 2.45) is 5.73 Å². The van der Waals surface area contributed by atoms with Crippen LogP contribution in [0.15, 0.2) is 0 Å². The standard InChI is InChI=1S/C7H15N3O2/c1-10(2)9-6(11)7(8)3-4-12-5-7/h3-5,8H2,1-2H3,(H,9,11). The Bertz CT molecular complexity index is 175. The van der Waals surface area contributed by atoms with Crippen LogP contribution in [0, 0.1) is 0 Å². The maximum Gasteiger partial charge on any atom is 0.256 e. The van der Waals surface area contributed by atoms with Gasteiger partial charge < -0.3 is 10.5 Å². The quantitative estimate of drug-likeness (QED) is 0.509. The number of hydrogen-bond donors (Lipinski definition) is 2. The molecule has 12 heavy (non-hydrogen) atoms. The summed E-state index contributed by atoms with van der Waals surface area (Å²) in [4.78, 5) is 11.4. The van der Waals surface area contributed by atoms with Crippen molar-refractivity contribution in [1.82, 2.24) is 10.4 Å². The van der Waals surface area contributed by atoms with Crippen molar-refractivity contribution in [2.45, 2.75) is 12.0 Å². The first-order valence-corrected chi connectivity index (χ1v) is 3.90. The van der Waals surface area contributed by atoms with Crippen molar-refractivity contribution >= 4 is 5.91 Å². The normalized spacial score (nSPS) is 29.3. The van der Waals surface area contributed by atoms with E-state index in [9.17, 15) is 4.79 Å². The van der Waals surface area contributed by atoms with Gasteiger partial charge in [0.25, 0.3) is 5.91 Å². The second-order valence-electron chi connectivity index (χ2n) is 3.29. The maximum absolute atomic E-state index is 11.4. The van der Waals surface area contributed by atoms with Gasteiger partial charge >= 0.3 is 0 Å². The number of rotatable bonds is 2. The van der Waals surface area contributed by atoms with Gasteiger partial charge in [-0.3, -0.25) is 10.2 Å². The molecule has 1 aliphatic heterocycles. The molecule has 0 aromatic carbocycles. The van der Waals surface area contributed by atoms with E-state index in [0.29, 0.717) is 19.6 Å². The Kier molecular flexibility index (Phi) is 2.66. The van der Waals surface area contributed by atoms with Gasteiger partial charge in [-0.05, 0) is 0 Å². The maximum atomic E-state index is 11.4. The third kappa shape index (κ3) is 1.94. The predicted octanol–water partition coefficient (Wildman–Crippen LogP) is -1.30. The summed E-state index contributed by atoms with van der Waals surface area (Å²) >= 11 is 0. The Labute approximate surface area is 71.8 Å². The lowest BCUT2D eigenvalue weighted by Crippen LogP contribution is -2.57. The molecule has 0 spiro atoms. The van der Waals surface area contributed by atoms with Crippen LogP contribution in [-0.4, -0.2) is 43.8 Å². The lowest BCUT2D eigenvalue weighted by molar-refractivity contribution is -0.130. The van der Waals surface area contributed by atoms with Crippen molar-refractivity contribution in [2.75, 3.05) is 27.3 Å². The number of amides is 1. The molecule has 5 heteroatoms. The molecule has 1 amide bonds. The molecule has 1 atom stereocenters. The van der Waals surface area contributed by atoms with E-state index in [1.165, 1.54) is 0 Å². The molecule has 1 saturated heterocycles. The van der Waals surface area contributed by atoms with E-state index in [1.807, 2.05) is 0 Å². The fourth-order valence-corrected chi connectivity index (χ4v) is 1.07.